The highest BCUT2D eigenvalue weighted by Crippen LogP contribution is 2.32. The molecule has 2 aromatic rings. The van der Waals surface area contributed by atoms with Crippen molar-refractivity contribution in [1.82, 2.24) is 4.98 Å². The van der Waals surface area contributed by atoms with Gasteiger partial charge in [-0.05, 0) is 40.4 Å². The summed E-state index contributed by atoms with van der Waals surface area (Å²) in [6, 6.07) is 5.19. The molecule has 0 aliphatic carbocycles. The van der Waals surface area contributed by atoms with Gasteiger partial charge in [0, 0.05) is 16.1 Å². The van der Waals surface area contributed by atoms with Gasteiger partial charge in [-0.25, -0.2) is 4.79 Å². The molecule has 0 aliphatic rings. The minimum absolute atomic E-state index is 0.329. The van der Waals surface area contributed by atoms with Crippen LogP contribution in [-0.4, -0.2) is 27.8 Å². The molecule has 7 heteroatoms. The summed E-state index contributed by atoms with van der Waals surface area (Å²) in [6.07, 6.45) is 3.33. The normalized spacial score (nSPS) is 12.4. The lowest BCUT2D eigenvalue weighted by molar-refractivity contribution is -0.140. The lowest BCUT2D eigenvalue weighted by Crippen LogP contribution is -2.22. The van der Waals surface area contributed by atoms with Crippen LogP contribution in [0.25, 0.3) is 10.9 Å². The number of nitrogens with zero attached hydrogens (tertiary/aromatic N) is 1. The third-order valence-electron chi connectivity index (χ3n) is 2.35. The van der Waals surface area contributed by atoms with E-state index in [4.69, 9.17) is 21.4 Å². The fraction of sp³-hybridized carbons (Fsp3) is 0.167. The summed E-state index contributed by atoms with van der Waals surface area (Å²) in [6.45, 7) is 0. The van der Waals surface area contributed by atoms with Crippen molar-refractivity contribution in [3.8, 4) is 5.75 Å². The number of carboxylic acids is 1. The van der Waals surface area contributed by atoms with Gasteiger partial charge in [-0.3, -0.25) is 4.98 Å². The van der Waals surface area contributed by atoms with E-state index >= 15 is 0 Å². The predicted molar refractivity (Wildman–Crippen MR) is 80.0 cm³/mol. The molecule has 4 nitrogen and oxygen atoms in total. The molecular weight excluding hydrogens is 354 g/mol. The maximum absolute atomic E-state index is 11.0. The number of ether oxygens (including phenoxy) is 1. The molecule has 0 fully saturated rings. The van der Waals surface area contributed by atoms with Gasteiger partial charge >= 0.3 is 5.97 Å². The quantitative estimate of drug-likeness (QED) is 0.838. The van der Waals surface area contributed by atoms with Crippen LogP contribution in [0.2, 0.25) is 5.02 Å². The molecule has 1 unspecified atom stereocenters. The van der Waals surface area contributed by atoms with Gasteiger partial charge in [-0.1, -0.05) is 11.6 Å². The van der Waals surface area contributed by atoms with Crippen molar-refractivity contribution in [3.63, 3.8) is 0 Å². The summed E-state index contributed by atoms with van der Waals surface area (Å²) in [5.41, 5.74) is -0.272. The summed E-state index contributed by atoms with van der Waals surface area (Å²) >= 11 is 10.5. The molecule has 0 saturated heterocycles. The van der Waals surface area contributed by atoms with E-state index < -0.39 is 11.4 Å². The van der Waals surface area contributed by atoms with Crippen molar-refractivity contribution in [2.24, 2.45) is 0 Å². The first-order chi connectivity index (χ1) is 9.01. The van der Waals surface area contributed by atoms with Crippen LogP contribution in [0.1, 0.15) is 0 Å². The number of benzene rings is 1. The van der Waals surface area contributed by atoms with Crippen LogP contribution in [0.3, 0.4) is 0 Å². The van der Waals surface area contributed by atoms with Gasteiger partial charge in [0.05, 0.1) is 10.5 Å². The van der Waals surface area contributed by atoms with Crippen molar-refractivity contribution in [2.75, 3.05) is 6.26 Å². The van der Waals surface area contributed by atoms with Gasteiger partial charge in [0.2, 0.25) is 5.44 Å². The molecular formula is C12H9BrClNO3S. The summed E-state index contributed by atoms with van der Waals surface area (Å²) < 4.78 is 6.22. The largest absolute Gasteiger partial charge is 0.478 e. The molecule has 19 heavy (non-hydrogen) atoms. The number of thioether (sulfide) groups is 1. The van der Waals surface area contributed by atoms with Crippen LogP contribution >= 0.6 is 39.3 Å². The first-order valence-electron chi connectivity index (χ1n) is 5.18. The lowest BCUT2D eigenvalue weighted by Gasteiger charge is -2.14. The number of aromatic nitrogens is 1. The van der Waals surface area contributed by atoms with Crippen LogP contribution < -0.4 is 4.74 Å². The molecule has 0 bridgehead atoms. The molecule has 0 saturated carbocycles. The summed E-state index contributed by atoms with van der Waals surface area (Å²) in [4.78, 5) is 15.2. The van der Waals surface area contributed by atoms with E-state index in [-0.39, 0.29) is 0 Å². The molecule has 0 spiro atoms. The Balaban J connectivity index is 2.42. The number of fused-ring (bicyclic) bond motifs is 1. The minimum atomic E-state index is -1.05. The molecule has 1 N–H and O–H groups in total. The summed E-state index contributed by atoms with van der Waals surface area (Å²) in [7, 11) is 0. The highest BCUT2D eigenvalue weighted by Gasteiger charge is 2.19. The number of pyridine rings is 1. The number of hydrogen-bond donors (Lipinski definition) is 1. The van der Waals surface area contributed by atoms with E-state index in [1.807, 2.05) is 6.07 Å². The second-order valence-electron chi connectivity index (χ2n) is 3.65. The molecule has 1 aromatic heterocycles. The third-order valence-corrected chi connectivity index (χ3v) is 3.81. The molecule has 0 amide bonds. The van der Waals surface area contributed by atoms with E-state index in [1.165, 1.54) is 0 Å². The third kappa shape index (κ3) is 3.32. The molecule has 1 atom stereocenters. The molecule has 100 valence electrons. The SMILES string of the molecule is CSC(Oc1cc2cc(Br)cnc2cc1Cl)C(=O)O. The second-order valence-corrected chi connectivity index (χ2v) is 5.88. The van der Waals surface area contributed by atoms with Crippen LogP contribution in [0.15, 0.2) is 28.9 Å². The second kappa shape index (κ2) is 5.98. The number of rotatable bonds is 4. The Labute approximate surface area is 127 Å². The Bertz CT molecular complexity index is 638. The monoisotopic (exact) mass is 361 g/mol. The van der Waals surface area contributed by atoms with Crippen molar-refractivity contribution in [3.05, 3.63) is 33.9 Å². The molecule has 1 aromatic carbocycles. The van der Waals surface area contributed by atoms with E-state index in [9.17, 15) is 4.79 Å². The van der Waals surface area contributed by atoms with E-state index in [2.05, 4.69) is 20.9 Å². The first kappa shape index (κ1) is 14.4. The van der Waals surface area contributed by atoms with Gasteiger partial charge in [0.1, 0.15) is 5.75 Å². The Morgan fingerprint density at radius 3 is 2.89 bits per heavy atom. The highest BCUT2D eigenvalue weighted by molar-refractivity contribution is 9.10. The number of hydrogen-bond acceptors (Lipinski definition) is 4. The smallest absolute Gasteiger partial charge is 0.355 e. The zero-order chi connectivity index (χ0) is 14.0. The lowest BCUT2D eigenvalue weighted by atomic mass is 10.2. The van der Waals surface area contributed by atoms with E-state index in [0.29, 0.717) is 10.8 Å². The molecule has 0 radical (unpaired) electrons. The van der Waals surface area contributed by atoms with E-state index in [1.54, 1.807) is 24.6 Å². The maximum Gasteiger partial charge on any atom is 0.355 e. The zero-order valence-corrected chi connectivity index (χ0v) is 12.9. The molecule has 2 rings (SSSR count). The highest BCUT2D eigenvalue weighted by atomic mass is 79.9. The van der Waals surface area contributed by atoms with Crippen LogP contribution in [0, 0.1) is 0 Å². The summed E-state index contributed by atoms with van der Waals surface area (Å²) in [5, 5.41) is 10.1. The maximum atomic E-state index is 11.0. The number of carbonyl (C=O) groups is 1. The van der Waals surface area contributed by atoms with Gasteiger partial charge in [0.25, 0.3) is 0 Å². The molecule has 0 aliphatic heterocycles. The summed E-state index contributed by atoms with van der Waals surface area (Å²) in [5.74, 6) is -0.716. The van der Waals surface area contributed by atoms with Crippen LogP contribution in [0.5, 0.6) is 5.75 Å². The van der Waals surface area contributed by atoms with E-state index in [0.717, 1.165) is 27.1 Å². The van der Waals surface area contributed by atoms with Gasteiger partial charge in [-0.2, -0.15) is 0 Å². The van der Waals surface area contributed by atoms with Crippen LogP contribution in [0.4, 0.5) is 0 Å². The number of carboxylic acid groups (broad SMARTS) is 1. The minimum Gasteiger partial charge on any atom is -0.478 e. The van der Waals surface area contributed by atoms with Crippen LogP contribution in [-0.2, 0) is 4.79 Å². The standard InChI is InChI=1S/C12H9BrClNO3S/c1-19-12(11(16)17)18-10-3-6-2-7(13)5-15-9(6)4-8(10)14/h2-5,12H,1H3,(H,16,17). The number of aliphatic carboxylic acids is 1. The predicted octanol–water partition coefficient (Wildman–Crippen LogP) is 3.80. The van der Waals surface area contributed by atoms with Gasteiger partial charge in [-0.15, -0.1) is 11.8 Å². The fourth-order valence-corrected chi connectivity index (χ4v) is 2.46. The Hall–Kier alpha value is -0.980. The molecule has 1 heterocycles. The number of halogens is 2. The van der Waals surface area contributed by atoms with Crippen molar-refractivity contribution in [2.45, 2.75) is 5.44 Å². The average molecular weight is 363 g/mol. The van der Waals surface area contributed by atoms with Crippen molar-refractivity contribution >= 4 is 56.2 Å². The average Bonchev–Trinajstić information content (AvgIpc) is 2.36. The topological polar surface area (TPSA) is 59.4 Å². The first-order valence-corrected chi connectivity index (χ1v) is 7.64. The Morgan fingerprint density at radius 1 is 1.53 bits per heavy atom. The van der Waals surface area contributed by atoms with Gasteiger partial charge in [0.15, 0.2) is 0 Å². The van der Waals surface area contributed by atoms with Crippen molar-refractivity contribution in [1.29, 1.82) is 0 Å². The zero-order valence-electron chi connectivity index (χ0n) is 9.76. The Kier molecular flexibility index (Phi) is 4.54. The Morgan fingerprint density at radius 2 is 2.26 bits per heavy atom. The fourth-order valence-electron chi connectivity index (χ4n) is 1.51. The van der Waals surface area contributed by atoms with Gasteiger partial charge < -0.3 is 9.84 Å². The van der Waals surface area contributed by atoms with Crippen molar-refractivity contribution < 1.29 is 14.6 Å².